The van der Waals surface area contributed by atoms with Gasteiger partial charge in [-0.3, -0.25) is 9.87 Å². The van der Waals surface area contributed by atoms with Crippen LogP contribution >= 0.6 is 0 Å². The molecule has 0 unspecified atom stereocenters. The predicted octanol–water partition coefficient (Wildman–Crippen LogP) is 6.03. The highest BCUT2D eigenvalue weighted by atomic mass is 17.2. The van der Waals surface area contributed by atoms with E-state index in [0.717, 1.165) is 36.9 Å². The van der Waals surface area contributed by atoms with Gasteiger partial charge in [0.1, 0.15) is 17.5 Å². The molecule has 8 heteroatoms. The highest BCUT2D eigenvalue weighted by molar-refractivity contribution is 5.90. The minimum absolute atomic E-state index is 0.134. The topological polar surface area (TPSA) is 83.0 Å². The van der Waals surface area contributed by atoms with Crippen molar-refractivity contribution in [1.29, 1.82) is 0 Å². The van der Waals surface area contributed by atoms with Gasteiger partial charge in [-0.05, 0) is 88.4 Å². The number of hydrogen-bond donors (Lipinski definition) is 0. The summed E-state index contributed by atoms with van der Waals surface area (Å²) in [6.45, 7) is 5.92. The fourth-order valence-corrected chi connectivity index (χ4v) is 3.96. The van der Waals surface area contributed by atoms with E-state index in [1.165, 1.54) is 0 Å². The molecule has 0 radical (unpaired) electrons. The average molecular weight is 492 g/mol. The molecular formula is C28H33N3O5. The van der Waals surface area contributed by atoms with E-state index >= 15 is 0 Å². The summed E-state index contributed by atoms with van der Waals surface area (Å²) in [5, 5.41) is 0. The first-order valence-corrected chi connectivity index (χ1v) is 12.2. The molecule has 0 amide bonds. The highest BCUT2D eigenvalue weighted by Gasteiger charge is 2.22. The molecule has 0 saturated heterocycles. The summed E-state index contributed by atoms with van der Waals surface area (Å²) in [6, 6.07) is 14.8. The fourth-order valence-electron chi connectivity index (χ4n) is 3.96. The molecule has 1 aliphatic rings. The summed E-state index contributed by atoms with van der Waals surface area (Å²) in [5.41, 5.74) is 1.50. The van der Waals surface area contributed by atoms with Crippen molar-refractivity contribution in [1.82, 2.24) is 9.97 Å². The zero-order valence-corrected chi connectivity index (χ0v) is 21.3. The van der Waals surface area contributed by atoms with Gasteiger partial charge in [-0.2, -0.15) is 9.87 Å². The maximum atomic E-state index is 12.7. The molecule has 0 N–H and O–H groups in total. The van der Waals surface area contributed by atoms with Crippen LogP contribution in [0.5, 0.6) is 11.6 Å². The van der Waals surface area contributed by atoms with Crippen molar-refractivity contribution in [2.75, 3.05) is 12.0 Å². The van der Waals surface area contributed by atoms with Crippen LogP contribution in [0.25, 0.3) is 0 Å². The van der Waals surface area contributed by atoms with E-state index in [2.05, 4.69) is 4.98 Å². The van der Waals surface area contributed by atoms with E-state index in [0.29, 0.717) is 29.6 Å². The second-order valence-electron chi connectivity index (χ2n) is 9.77. The maximum Gasteiger partial charge on any atom is 0.373 e. The van der Waals surface area contributed by atoms with E-state index in [9.17, 15) is 4.79 Å². The summed E-state index contributed by atoms with van der Waals surface area (Å²) in [4.78, 5) is 34.0. The number of nitrogens with zero attached hydrogens (tertiary/aromatic N) is 3. The van der Waals surface area contributed by atoms with Crippen molar-refractivity contribution in [2.45, 2.75) is 64.7 Å². The SMILES string of the molecule is COc1ccc(N(Cc2cccnc2)c2cccc(C(=O)OOC(C)(C)C)c2)nc1OC1CCCC1. The van der Waals surface area contributed by atoms with E-state index in [1.807, 2.05) is 62.2 Å². The van der Waals surface area contributed by atoms with Crippen LogP contribution in [0, 0.1) is 0 Å². The number of methoxy groups -OCH3 is 1. The monoisotopic (exact) mass is 491 g/mol. The van der Waals surface area contributed by atoms with Gasteiger partial charge in [-0.1, -0.05) is 12.1 Å². The Bertz CT molecular complexity index is 1160. The van der Waals surface area contributed by atoms with Crippen molar-refractivity contribution in [2.24, 2.45) is 0 Å². The quantitative estimate of drug-likeness (QED) is 0.265. The molecule has 0 bridgehead atoms. The number of benzene rings is 1. The Morgan fingerprint density at radius 1 is 1.08 bits per heavy atom. The van der Waals surface area contributed by atoms with Gasteiger partial charge < -0.3 is 14.4 Å². The van der Waals surface area contributed by atoms with E-state index < -0.39 is 11.6 Å². The van der Waals surface area contributed by atoms with Crippen LogP contribution in [-0.4, -0.2) is 34.8 Å². The van der Waals surface area contributed by atoms with E-state index in [-0.39, 0.29) is 6.10 Å². The van der Waals surface area contributed by atoms with E-state index in [1.54, 1.807) is 31.5 Å². The maximum absolute atomic E-state index is 12.7. The van der Waals surface area contributed by atoms with Crippen molar-refractivity contribution in [3.63, 3.8) is 0 Å². The molecule has 1 saturated carbocycles. The Hall–Kier alpha value is -3.65. The smallest absolute Gasteiger partial charge is 0.373 e. The van der Waals surface area contributed by atoms with Gasteiger partial charge in [-0.15, -0.1) is 0 Å². The normalized spacial score (nSPS) is 13.9. The van der Waals surface area contributed by atoms with Crippen molar-refractivity contribution < 1.29 is 24.0 Å². The zero-order chi connectivity index (χ0) is 25.5. The number of rotatable bonds is 9. The lowest BCUT2D eigenvalue weighted by atomic mass is 10.1. The molecule has 4 rings (SSSR count). The molecule has 0 spiro atoms. The van der Waals surface area contributed by atoms with Crippen LogP contribution in [0.15, 0.2) is 60.9 Å². The van der Waals surface area contributed by atoms with Gasteiger partial charge in [0.2, 0.25) is 0 Å². The third kappa shape index (κ3) is 6.73. The van der Waals surface area contributed by atoms with Gasteiger partial charge in [-0.25, -0.2) is 4.79 Å². The highest BCUT2D eigenvalue weighted by Crippen LogP contribution is 2.35. The average Bonchev–Trinajstić information content (AvgIpc) is 3.39. The molecule has 2 aromatic heterocycles. The first kappa shape index (κ1) is 25.4. The second-order valence-corrected chi connectivity index (χ2v) is 9.77. The summed E-state index contributed by atoms with van der Waals surface area (Å²) in [5.74, 6) is 1.14. The minimum atomic E-state index is -0.609. The molecule has 190 valence electrons. The summed E-state index contributed by atoms with van der Waals surface area (Å²) in [7, 11) is 1.61. The lowest BCUT2D eigenvalue weighted by Gasteiger charge is -2.26. The molecule has 36 heavy (non-hydrogen) atoms. The molecule has 2 heterocycles. The molecule has 1 aliphatic carbocycles. The number of carbonyl (C=O) groups is 1. The third-order valence-corrected chi connectivity index (χ3v) is 5.71. The molecule has 3 aromatic rings. The van der Waals surface area contributed by atoms with Gasteiger partial charge in [0.25, 0.3) is 5.88 Å². The van der Waals surface area contributed by atoms with Crippen LogP contribution in [0.3, 0.4) is 0 Å². The van der Waals surface area contributed by atoms with Gasteiger partial charge in [0.05, 0.1) is 19.2 Å². The first-order valence-electron chi connectivity index (χ1n) is 12.2. The Morgan fingerprint density at radius 2 is 1.89 bits per heavy atom. The standard InChI is InChI=1S/C28H33N3O5/c1-28(2,3)36-35-27(32)21-10-7-11-22(17-21)31(19-20-9-8-16-29-18-20)25-15-14-24(33-4)26(30-25)34-23-12-5-6-13-23/h7-11,14-18,23H,5-6,12-13,19H2,1-4H3. The molecule has 1 aromatic carbocycles. The Labute approximate surface area is 212 Å². The van der Waals surface area contributed by atoms with Crippen molar-refractivity contribution in [3.05, 3.63) is 72.1 Å². The zero-order valence-electron chi connectivity index (χ0n) is 21.3. The predicted molar refractivity (Wildman–Crippen MR) is 136 cm³/mol. The van der Waals surface area contributed by atoms with E-state index in [4.69, 9.17) is 24.2 Å². The Kier molecular flexibility index (Phi) is 8.05. The van der Waals surface area contributed by atoms with Gasteiger partial charge in [0, 0.05) is 18.1 Å². The number of aromatic nitrogens is 2. The third-order valence-electron chi connectivity index (χ3n) is 5.71. The van der Waals surface area contributed by atoms with Crippen LogP contribution in [0.1, 0.15) is 62.4 Å². The van der Waals surface area contributed by atoms with Crippen molar-refractivity contribution in [3.8, 4) is 11.6 Å². The van der Waals surface area contributed by atoms with Gasteiger partial charge >= 0.3 is 5.97 Å². The number of pyridine rings is 2. The number of ether oxygens (including phenoxy) is 2. The summed E-state index contributed by atoms with van der Waals surface area (Å²) in [6.07, 6.45) is 8.00. The molecular weight excluding hydrogens is 458 g/mol. The van der Waals surface area contributed by atoms with Crippen LogP contribution in [0.2, 0.25) is 0 Å². The summed E-state index contributed by atoms with van der Waals surface area (Å²) >= 11 is 0. The minimum Gasteiger partial charge on any atom is -0.491 e. The lowest BCUT2D eigenvalue weighted by molar-refractivity contribution is -0.301. The number of hydrogen-bond acceptors (Lipinski definition) is 8. The largest absolute Gasteiger partial charge is 0.491 e. The molecule has 8 nitrogen and oxygen atoms in total. The summed E-state index contributed by atoms with van der Waals surface area (Å²) < 4.78 is 11.8. The van der Waals surface area contributed by atoms with Gasteiger partial charge in [0.15, 0.2) is 5.75 Å². The van der Waals surface area contributed by atoms with Crippen LogP contribution in [0.4, 0.5) is 11.5 Å². The second kappa shape index (κ2) is 11.4. The van der Waals surface area contributed by atoms with Crippen molar-refractivity contribution >= 4 is 17.5 Å². The number of anilines is 2. The lowest BCUT2D eigenvalue weighted by Crippen LogP contribution is -2.22. The number of carbonyl (C=O) groups excluding carboxylic acids is 1. The molecule has 0 atom stereocenters. The van der Waals surface area contributed by atoms with Crippen LogP contribution < -0.4 is 14.4 Å². The molecule has 1 fully saturated rings. The van der Waals surface area contributed by atoms with Crippen LogP contribution in [-0.2, 0) is 16.3 Å². The Morgan fingerprint density at radius 3 is 2.58 bits per heavy atom. The Balaban J connectivity index is 1.68. The first-order chi connectivity index (χ1) is 17.3. The fraction of sp³-hybridized carbons (Fsp3) is 0.393. The molecule has 0 aliphatic heterocycles.